The van der Waals surface area contributed by atoms with Crippen LogP contribution in [0.3, 0.4) is 0 Å². The zero-order chi connectivity index (χ0) is 17.3. The molecule has 1 aromatic carbocycles. The summed E-state index contributed by atoms with van der Waals surface area (Å²) in [5, 5.41) is 2.77. The number of nitrogens with zero attached hydrogens (tertiary/aromatic N) is 1. The van der Waals surface area contributed by atoms with Crippen LogP contribution in [0.5, 0.6) is 0 Å². The van der Waals surface area contributed by atoms with E-state index in [1.165, 1.54) is 16.4 Å². The predicted molar refractivity (Wildman–Crippen MR) is 90.0 cm³/mol. The number of hydrogen-bond acceptors (Lipinski definition) is 4. The highest BCUT2D eigenvalue weighted by Gasteiger charge is 2.22. The van der Waals surface area contributed by atoms with Crippen molar-refractivity contribution in [1.29, 1.82) is 0 Å². The molecule has 130 valence electrons. The lowest BCUT2D eigenvalue weighted by atomic mass is 10.2. The van der Waals surface area contributed by atoms with E-state index in [2.05, 4.69) is 5.32 Å². The van der Waals surface area contributed by atoms with E-state index in [1.807, 2.05) is 6.92 Å². The van der Waals surface area contributed by atoms with Crippen molar-refractivity contribution in [3.8, 4) is 0 Å². The fourth-order valence-electron chi connectivity index (χ4n) is 2.13. The van der Waals surface area contributed by atoms with Gasteiger partial charge in [0.15, 0.2) is 0 Å². The molecule has 0 spiro atoms. The summed E-state index contributed by atoms with van der Waals surface area (Å²) < 4.78 is 31.5. The van der Waals surface area contributed by atoms with Crippen molar-refractivity contribution >= 4 is 15.9 Å². The second-order valence-corrected chi connectivity index (χ2v) is 6.86. The quantitative estimate of drug-likeness (QED) is 0.659. The molecule has 1 N–H and O–H groups in total. The molecule has 1 aromatic rings. The van der Waals surface area contributed by atoms with Crippen LogP contribution in [-0.4, -0.2) is 51.5 Å². The van der Waals surface area contributed by atoms with Crippen molar-refractivity contribution in [2.45, 2.75) is 32.1 Å². The van der Waals surface area contributed by atoms with Gasteiger partial charge >= 0.3 is 0 Å². The van der Waals surface area contributed by atoms with Crippen LogP contribution in [0.4, 0.5) is 0 Å². The highest BCUT2D eigenvalue weighted by atomic mass is 32.2. The molecule has 0 saturated carbocycles. The first-order chi connectivity index (χ1) is 11.0. The van der Waals surface area contributed by atoms with Crippen molar-refractivity contribution < 1.29 is 17.9 Å². The number of carbonyl (C=O) groups excluding carboxylic acids is 1. The number of hydrogen-bond donors (Lipinski definition) is 1. The van der Waals surface area contributed by atoms with Gasteiger partial charge in [0.1, 0.15) is 0 Å². The van der Waals surface area contributed by atoms with E-state index in [1.54, 1.807) is 26.0 Å². The Balaban J connectivity index is 2.78. The van der Waals surface area contributed by atoms with Crippen LogP contribution in [-0.2, 0) is 14.8 Å². The Morgan fingerprint density at radius 3 is 2.52 bits per heavy atom. The van der Waals surface area contributed by atoms with Crippen LogP contribution in [0.1, 0.15) is 37.6 Å². The van der Waals surface area contributed by atoms with Gasteiger partial charge in [-0.05, 0) is 31.5 Å². The van der Waals surface area contributed by atoms with E-state index in [4.69, 9.17) is 4.74 Å². The molecular weight excluding hydrogens is 316 g/mol. The van der Waals surface area contributed by atoms with Gasteiger partial charge in [0.05, 0.1) is 4.90 Å². The Bertz CT molecular complexity index is 598. The number of nitrogens with one attached hydrogen (secondary N) is 1. The summed E-state index contributed by atoms with van der Waals surface area (Å²) in [4.78, 5) is 12.2. The smallest absolute Gasteiger partial charge is 0.251 e. The third kappa shape index (κ3) is 5.60. The number of ether oxygens (including phenoxy) is 1. The monoisotopic (exact) mass is 342 g/mol. The molecule has 0 bridgehead atoms. The van der Waals surface area contributed by atoms with Crippen molar-refractivity contribution in [2.75, 3.05) is 32.8 Å². The van der Waals surface area contributed by atoms with Crippen LogP contribution >= 0.6 is 0 Å². The molecule has 1 amide bonds. The predicted octanol–water partition coefficient (Wildman–Crippen LogP) is 1.87. The van der Waals surface area contributed by atoms with E-state index in [-0.39, 0.29) is 10.8 Å². The molecule has 23 heavy (non-hydrogen) atoms. The summed E-state index contributed by atoms with van der Waals surface area (Å²) >= 11 is 0. The Hall–Kier alpha value is -1.44. The average Bonchev–Trinajstić information content (AvgIpc) is 2.55. The summed E-state index contributed by atoms with van der Waals surface area (Å²) in [5.41, 5.74) is 0.342. The van der Waals surface area contributed by atoms with Crippen LogP contribution in [0, 0.1) is 0 Å². The zero-order valence-corrected chi connectivity index (χ0v) is 14.9. The third-order valence-electron chi connectivity index (χ3n) is 3.39. The third-order valence-corrected chi connectivity index (χ3v) is 5.44. The highest BCUT2D eigenvalue weighted by Crippen LogP contribution is 2.16. The van der Waals surface area contributed by atoms with Crippen LogP contribution < -0.4 is 5.32 Å². The molecule has 7 heteroatoms. The highest BCUT2D eigenvalue weighted by molar-refractivity contribution is 7.89. The van der Waals surface area contributed by atoms with Gasteiger partial charge in [-0.15, -0.1) is 0 Å². The van der Waals surface area contributed by atoms with E-state index >= 15 is 0 Å². The number of amides is 1. The summed E-state index contributed by atoms with van der Waals surface area (Å²) in [7, 11) is -3.56. The van der Waals surface area contributed by atoms with Crippen molar-refractivity contribution in [2.24, 2.45) is 0 Å². The van der Waals surface area contributed by atoms with E-state index < -0.39 is 10.0 Å². The first-order valence-corrected chi connectivity index (χ1v) is 9.37. The van der Waals surface area contributed by atoms with Crippen LogP contribution in [0.2, 0.25) is 0 Å². The van der Waals surface area contributed by atoms with Crippen LogP contribution in [0.15, 0.2) is 29.2 Å². The molecule has 6 nitrogen and oxygen atoms in total. The Morgan fingerprint density at radius 1 is 1.22 bits per heavy atom. The number of carbonyl (C=O) groups is 1. The molecular formula is C16H26N2O4S. The van der Waals surface area contributed by atoms with E-state index in [0.29, 0.717) is 38.4 Å². The van der Waals surface area contributed by atoms with Gasteiger partial charge < -0.3 is 10.1 Å². The standard InChI is InChI=1S/C16H26N2O4S/c1-4-18(5-2)23(20,21)15-10-7-9-14(13-15)16(19)17-11-8-12-22-6-3/h7,9-10,13H,4-6,8,11-12H2,1-3H3,(H,17,19). The molecule has 0 atom stereocenters. The van der Waals surface area contributed by atoms with E-state index in [9.17, 15) is 13.2 Å². The summed E-state index contributed by atoms with van der Waals surface area (Å²) in [6.45, 7) is 8.02. The van der Waals surface area contributed by atoms with Crippen molar-refractivity contribution in [1.82, 2.24) is 9.62 Å². The molecule has 0 aliphatic heterocycles. The molecule has 1 rings (SSSR count). The Morgan fingerprint density at radius 2 is 1.91 bits per heavy atom. The second kappa shape index (κ2) is 9.64. The van der Waals surface area contributed by atoms with Gasteiger partial charge in [0.25, 0.3) is 5.91 Å². The largest absolute Gasteiger partial charge is 0.382 e. The van der Waals surface area contributed by atoms with Crippen LogP contribution in [0.25, 0.3) is 0 Å². The van der Waals surface area contributed by atoms with Crippen molar-refractivity contribution in [3.63, 3.8) is 0 Å². The summed E-state index contributed by atoms with van der Waals surface area (Å²) in [6.07, 6.45) is 0.719. The molecule has 0 fully saturated rings. The normalized spacial score (nSPS) is 11.7. The maximum absolute atomic E-state index is 12.5. The van der Waals surface area contributed by atoms with Gasteiger partial charge in [-0.2, -0.15) is 4.31 Å². The molecule has 0 aromatic heterocycles. The Labute approximate surface area is 138 Å². The minimum absolute atomic E-state index is 0.142. The van der Waals surface area contributed by atoms with Gasteiger partial charge in [0.2, 0.25) is 10.0 Å². The molecule has 0 aliphatic rings. The first-order valence-electron chi connectivity index (χ1n) is 7.93. The number of benzene rings is 1. The SMILES string of the molecule is CCOCCCNC(=O)c1cccc(S(=O)(=O)N(CC)CC)c1. The lowest BCUT2D eigenvalue weighted by Gasteiger charge is -2.18. The van der Waals surface area contributed by atoms with Gasteiger partial charge in [-0.25, -0.2) is 8.42 Å². The lowest BCUT2D eigenvalue weighted by molar-refractivity contribution is 0.0944. The Kier molecular flexibility index (Phi) is 8.22. The molecule has 0 radical (unpaired) electrons. The lowest BCUT2D eigenvalue weighted by Crippen LogP contribution is -2.31. The number of sulfonamides is 1. The van der Waals surface area contributed by atoms with E-state index in [0.717, 1.165) is 6.42 Å². The number of rotatable bonds is 10. The second-order valence-electron chi connectivity index (χ2n) is 4.92. The van der Waals surface area contributed by atoms with Crippen molar-refractivity contribution in [3.05, 3.63) is 29.8 Å². The maximum atomic E-state index is 12.5. The minimum atomic E-state index is -3.56. The molecule has 0 heterocycles. The average molecular weight is 342 g/mol. The summed E-state index contributed by atoms with van der Waals surface area (Å²) in [6, 6.07) is 6.13. The first kappa shape index (κ1) is 19.6. The maximum Gasteiger partial charge on any atom is 0.251 e. The molecule has 0 saturated heterocycles. The molecule has 0 unspecified atom stereocenters. The zero-order valence-electron chi connectivity index (χ0n) is 14.0. The summed E-state index contributed by atoms with van der Waals surface area (Å²) in [5.74, 6) is -0.280. The van der Waals surface area contributed by atoms with Gasteiger partial charge in [-0.3, -0.25) is 4.79 Å². The minimum Gasteiger partial charge on any atom is -0.382 e. The van der Waals surface area contributed by atoms with Gasteiger partial charge in [0, 0.05) is 38.4 Å². The fourth-order valence-corrected chi connectivity index (χ4v) is 3.64. The topological polar surface area (TPSA) is 75.7 Å². The van der Waals surface area contributed by atoms with Gasteiger partial charge in [-0.1, -0.05) is 19.9 Å². The fraction of sp³-hybridized carbons (Fsp3) is 0.562. The molecule has 0 aliphatic carbocycles.